The number of hydrogen-bond donors (Lipinski definition) is 1. The van der Waals surface area contributed by atoms with E-state index in [0.29, 0.717) is 24.7 Å². The molecule has 0 aromatic heterocycles. The Morgan fingerprint density at radius 1 is 1.04 bits per heavy atom. The van der Waals surface area contributed by atoms with Crippen molar-refractivity contribution in [2.75, 3.05) is 20.8 Å². The number of nitrogens with zero attached hydrogens (tertiary/aromatic N) is 1. The molecule has 0 atom stereocenters. The van der Waals surface area contributed by atoms with Gasteiger partial charge in [0, 0.05) is 10.0 Å². The van der Waals surface area contributed by atoms with Gasteiger partial charge in [-0.1, -0.05) is 28.9 Å². The average molecular weight is 407 g/mol. The Balaban J connectivity index is 2.00. The highest BCUT2D eigenvalue weighted by Gasteiger charge is 2.04. The lowest BCUT2D eigenvalue weighted by atomic mass is 10.2. The summed E-state index contributed by atoms with van der Waals surface area (Å²) >= 11 is 3.48. The van der Waals surface area contributed by atoms with Crippen LogP contribution in [-0.4, -0.2) is 27.0 Å². The largest absolute Gasteiger partial charge is 0.493 e. The topological polar surface area (TPSA) is 52.1 Å². The quantitative estimate of drug-likeness (QED) is 0.495. The smallest absolute Gasteiger partial charge is 0.161 e. The van der Waals surface area contributed by atoms with Crippen molar-refractivity contribution in [2.24, 2.45) is 5.10 Å². The number of rotatable bonds is 9. The van der Waals surface area contributed by atoms with Gasteiger partial charge < -0.3 is 19.6 Å². The zero-order valence-electron chi connectivity index (χ0n) is 14.7. The van der Waals surface area contributed by atoms with E-state index in [9.17, 15) is 0 Å². The molecule has 134 valence electrons. The molecule has 0 unspecified atom stereocenters. The van der Waals surface area contributed by atoms with E-state index >= 15 is 0 Å². The molecule has 0 spiro atoms. The van der Waals surface area contributed by atoms with Gasteiger partial charge in [-0.3, -0.25) is 0 Å². The second kappa shape index (κ2) is 9.93. The number of ether oxygens (including phenoxy) is 3. The minimum Gasteiger partial charge on any atom is -0.493 e. The Labute approximate surface area is 157 Å². The van der Waals surface area contributed by atoms with Crippen molar-refractivity contribution in [1.29, 1.82) is 0 Å². The van der Waals surface area contributed by atoms with E-state index in [0.717, 1.165) is 27.8 Å². The Kier molecular flexibility index (Phi) is 7.60. The van der Waals surface area contributed by atoms with Gasteiger partial charge in [-0.05, 0) is 42.3 Å². The lowest BCUT2D eigenvalue weighted by molar-refractivity contribution is 0.317. The van der Waals surface area contributed by atoms with Crippen LogP contribution in [-0.2, 0) is 6.54 Å². The fourth-order valence-electron chi connectivity index (χ4n) is 2.21. The number of benzene rings is 2. The van der Waals surface area contributed by atoms with Crippen LogP contribution in [0.1, 0.15) is 24.5 Å². The molecule has 5 nitrogen and oxygen atoms in total. The summed E-state index contributed by atoms with van der Waals surface area (Å²) in [5, 5.41) is 4.30. The highest BCUT2D eigenvalue weighted by molar-refractivity contribution is 9.10. The van der Waals surface area contributed by atoms with E-state index in [1.54, 1.807) is 20.4 Å². The highest BCUT2D eigenvalue weighted by Crippen LogP contribution is 2.27. The van der Waals surface area contributed by atoms with E-state index in [-0.39, 0.29) is 0 Å². The van der Waals surface area contributed by atoms with Crippen LogP contribution >= 0.6 is 15.9 Å². The summed E-state index contributed by atoms with van der Waals surface area (Å²) in [5.41, 5.74) is 5.01. The first-order valence-corrected chi connectivity index (χ1v) is 8.86. The van der Waals surface area contributed by atoms with Gasteiger partial charge in [-0.25, -0.2) is 0 Å². The highest BCUT2D eigenvalue weighted by atomic mass is 79.9. The van der Waals surface area contributed by atoms with Crippen LogP contribution in [0.4, 0.5) is 0 Å². The molecule has 0 heterocycles. The van der Waals surface area contributed by atoms with Gasteiger partial charge in [-0.2, -0.15) is 5.10 Å². The van der Waals surface area contributed by atoms with Crippen molar-refractivity contribution in [3.8, 4) is 17.2 Å². The van der Waals surface area contributed by atoms with Crippen LogP contribution in [0.15, 0.2) is 46.0 Å². The molecule has 6 heteroatoms. The molecule has 2 rings (SSSR count). The number of nitrogens with one attached hydrogen (secondary N) is 1. The third-order valence-electron chi connectivity index (χ3n) is 3.46. The molecule has 2 aromatic carbocycles. The molecular weight excluding hydrogens is 384 g/mol. The molecule has 0 radical (unpaired) electrons. The van der Waals surface area contributed by atoms with Crippen molar-refractivity contribution in [2.45, 2.75) is 19.9 Å². The predicted molar refractivity (Wildman–Crippen MR) is 104 cm³/mol. The molecule has 0 amide bonds. The van der Waals surface area contributed by atoms with Gasteiger partial charge >= 0.3 is 0 Å². The third kappa shape index (κ3) is 5.67. The second-order valence-electron chi connectivity index (χ2n) is 5.31. The van der Waals surface area contributed by atoms with Crippen molar-refractivity contribution in [3.63, 3.8) is 0 Å². The molecule has 0 saturated carbocycles. The van der Waals surface area contributed by atoms with Crippen LogP contribution in [0.2, 0.25) is 0 Å². The van der Waals surface area contributed by atoms with Crippen LogP contribution in [0.25, 0.3) is 0 Å². The maximum Gasteiger partial charge on any atom is 0.161 e. The number of hydrogen-bond acceptors (Lipinski definition) is 5. The van der Waals surface area contributed by atoms with Gasteiger partial charge in [-0.15, -0.1) is 0 Å². The maximum absolute atomic E-state index is 5.74. The van der Waals surface area contributed by atoms with Crippen molar-refractivity contribution < 1.29 is 14.2 Å². The Hall–Kier alpha value is -2.21. The zero-order chi connectivity index (χ0) is 18.1. The van der Waals surface area contributed by atoms with Gasteiger partial charge in [0.25, 0.3) is 0 Å². The summed E-state index contributed by atoms with van der Waals surface area (Å²) in [5.74, 6) is 2.23. The number of hydrazone groups is 1. The molecule has 25 heavy (non-hydrogen) atoms. The van der Waals surface area contributed by atoms with E-state index in [1.165, 1.54) is 0 Å². The summed E-state index contributed by atoms with van der Waals surface area (Å²) in [4.78, 5) is 0. The molecule has 2 aromatic rings. The number of halogens is 1. The van der Waals surface area contributed by atoms with Crippen LogP contribution in [0.3, 0.4) is 0 Å². The SMILES string of the molecule is CCCOc1ccc(Br)cc1/C=N\NCc1ccc(OC)c(OC)c1. The van der Waals surface area contributed by atoms with Crippen LogP contribution in [0, 0.1) is 0 Å². The second-order valence-corrected chi connectivity index (χ2v) is 6.23. The minimum absolute atomic E-state index is 0.579. The zero-order valence-corrected chi connectivity index (χ0v) is 16.3. The van der Waals surface area contributed by atoms with Gasteiger partial charge in [0.1, 0.15) is 5.75 Å². The van der Waals surface area contributed by atoms with E-state index in [4.69, 9.17) is 14.2 Å². The average Bonchev–Trinajstić information content (AvgIpc) is 2.64. The Bertz CT molecular complexity index is 720. The van der Waals surface area contributed by atoms with Crippen molar-refractivity contribution in [3.05, 3.63) is 52.0 Å². The Morgan fingerprint density at radius 2 is 1.80 bits per heavy atom. The fourth-order valence-corrected chi connectivity index (χ4v) is 2.59. The summed E-state index contributed by atoms with van der Waals surface area (Å²) in [6.45, 7) is 3.34. The number of methoxy groups -OCH3 is 2. The van der Waals surface area contributed by atoms with Crippen LogP contribution in [0.5, 0.6) is 17.2 Å². The van der Waals surface area contributed by atoms with Crippen molar-refractivity contribution >= 4 is 22.1 Å². The molecule has 0 aliphatic rings. The molecule has 0 aliphatic heterocycles. The van der Waals surface area contributed by atoms with Crippen LogP contribution < -0.4 is 19.6 Å². The standard InChI is InChI=1S/C19H23BrN2O3/c1-4-9-25-17-8-6-16(20)11-15(17)13-22-21-12-14-5-7-18(23-2)19(10-14)24-3/h5-8,10-11,13,21H,4,9,12H2,1-3H3/b22-13-. The summed E-state index contributed by atoms with van der Waals surface area (Å²) in [6.07, 6.45) is 2.72. The summed E-state index contributed by atoms with van der Waals surface area (Å²) in [6, 6.07) is 11.7. The molecule has 0 aliphatic carbocycles. The molecular formula is C19H23BrN2O3. The molecule has 0 bridgehead atoms. The van der Waals surface area contributed by atoms with Gasteiger partial charge in [0.05, 0.1) is 33.6 Å². The molecule has 0 fully saturated rings. The molecule has 1 N–H and O–H groups in total. The fraction of sp³-hybridized carbons (Fsp3) is 0.316. The van der Waals surface area contributed by atoms with E-state index in [1.807, 2.05) is 36.4 Å². The summed E-state index contributed by atoms with van der Waals surface area (Å²) < 4.78 is 17.3. The lowest BCUT2D eigenvalue weighted by Gasteiger charge is -2.10. The predicted octanol–water partition coefficient (Wildman–Crippen LogP) is 4.38. The first-order chi connectivity index (χ1) is 12.2. The van der Waals surface area contributed by atoms with Crippen molar-refractivity contribution in [1.82, 2.24) is 5.43 Å². The summed E-state index contributed by atoms with van der Waals surface area (Å²) in [7, 11) is 3.24. The first-order valence-electron chi connectivity index (χ1n) is 8.07. The molecule has 0 saturated heterocycles. The Morgan fingerprint density at radius 3 is 2.52 bits per heavy atom. The third-order valence-corrected chi connectivity index (χ3v) is 3.95. The lowest BCUT2D eigenvalue weighted by Crippen LogP contribution is -2.06. The maximum atomic E-state index is 5.74. The van der Waals surface area contributed by atoms with E-state index in [2.05, 4.69) is 33.4 Å². The normalized spacial score (nSPS) is 10.7. The van der Waals surface area contributed by atoms with E-state index < -0.39 is 0 Å². The first kappa shape index (κ1) is 19.1. The van der Waals surface area contributed by atoms with Gasteiger partial charge in [0.15, 0.2) is 11.5 Å². The van der Waals surface area contributed by atoms with Gasteiger partial charge in [0.2, 0.25) is 0 Å². The minimum atomic E-state index is 0.579. The monoisotopic (exact) mass is 406 g/mol.